The van der Waals surface area contributed by atoms with Gasteiger partial charge in [0.1, 0.15) is 11.6 Å². The smallest absolute Gasteiger partial charge is 0.235 e. The van der Waals surface area contributed by atoms with Gasteiger partial charge in [0.15, 0.2) is 9.84 Å². The van der Waals surface area contributed by atoms with Crippen LogP contribution in [0.2, 0.25) is 0 Å². The van der Waals surface area contributed by atoms with Gasteiger partial charge in [0, 0.05) is 20.0 Å². The van der Waals surface area contributed by atoms with E-state index in [1.54, 1.807) is 20.8 Å². The fourth-order valence-corrected chi connectivity index (χ4v) is 3.05. The molecule has 0 saturated carbocycles. The van der Waals surface area contributed by atoms with E-state index in [4.69, 9.17) is 0 Å². The maximum absolute atomic E-state index is 12.0. The average Bonchev–Trinajstić information content (AvgIpc) is 2.74. The molecule has 0 spiro atoms. The van der Waals surface area contributed by atoms with E-state index in [0.29, 0.717) is 13.0 Å². The molecule has 1 amide bonds. The highest BCUT2D eigenvalue weighted by molar-refractivity contribution is 7.93. The van der Waals surface area contributed by atoms with Crippen LogP contribution in [0.3, 0.4) is 0 Å². The molecule has 0 fully saturated rings. The van der Waals surface area contributed by atoms with Crippen molar-refractivity contribution in [3.05, 3.63) is 30.1 Å². The van der Waals surface area contributed by atoms with Gasteiger partial charge in [0.2, 0.25) is 5.91 Å². The van der Waals surface area contributed by atoms with Gasteiger partial charge in [0.25, 0.3) is 0 Å². The average molecular weight is 337 g/mol. The standard InChI is InChI=1S/C16H23N3O3S/c1-16(2,3)23(21,22)11-15(20)17-10-9-14-18-12-7-5-6-8-13(12)19(14)4/h5-8H,9-11H2,1-4H3,(H,17,20). The normalized spacial score (nSPS) is 12.5. The minimum atomic E-state index is -3.45. The minimum absolute atomic E-state index is 0.357. The van der Waals surface area contributed by atoms with Crippen LogP contribution in [-0.4, -0.2) is 40.9 Å². The summed E-state index contributed by atoms with van der Waals surface area (Å²) in [5.41, 5.74) is 1.94. The number of aromatic nitrogens is 2. The van der Waals surface area contributed by atoms with Crippen molar-refractivity contribution in [2.45, 2.75) is 31.9 Å². The zero-order chi connectivity index (χ0) is 17.3. The summed E-state index contributed by atoms with van der Waals surface area (Å²) in [6.07, 6.45) is 0.548. The van der Waals surface area contributed by atoms with E-state index in [9.17, 15) is 13.2 Å². The van der Waals surface area contributed by atoms with E-state index in [0.717, 1.165) is 16.9 Å². The summed E-state index contributed by atoms with van der Waals surface area (Å²) in [5.74, 6) is -0.108. The zero-order valence-electron chi connectivity index (χ0n) is 14.0. The molecule has 2 rings (SSSR count). The van der Waals surface area contributed by atoms with Crippen LogP contribution in [0, 0.1) is 0 Å². The van der Waals surface area contributed by atoms with Crippen molar-refractivity contribution in [3.63, 3.8) is 0 Å². The number of carbonyl (C=O) groups excluding carboxylic acids is 1. The summed E-state index contributed by atoms with van der Waals surface area (Å²) in [5, 5.41) is 2.66. The highest BCUT2D eigenvalue weighted by Crippen LogP contribution is 2.16. The fraction of sp³-hybridized carbons (Fsp3) is 0.500. The molecule has 0 atom stereocenters. The Hall–Kier alpha value is -1.89. The molecule has 0 aliphatic carbocycles. The summed E-state index contributed by atoms with van der Waals surface area (Å²) in [6, 6.07) is 7.80. The first-order chi connectivity index (χ1) is 10.6. The number of rotatable bonds is 5. The number of imidazole rings is 1. The molecule has 1 aromatic heterocycles. The van der Waals surface area contributed by atoms with Crippen molar-refractivity contribution in [1.29, 1.82) is 0 Å². The molecule has 0 saturated heterocycles. The SMILES string of the molecule is Cn1c(CCNC(=O)CS(=O)(=O)C(C)(C)C)nc2ccccc21. The lowest BCUT2D eigenvalue weighted by molar-refractivity contribution is -0.118. The molecule has 1 N–H and O–H groups in total. The first kappa shape index (κ1) is 17.5. The highest BCUT2D eigenvalue weighted by Gasteiger charge is 2.31. The van der Waals surface area contributed by atoms with Gasteiger partial charge in [-0.25, -0.2) is 13.4 Å². The van der Waals surface area contributed by atoms with E-state index < -0.39 is 26.2 Å². The lowest BCUT2D eigenvalue weighted by atomic mass is 10.3. The van der Waals surface area contributed by atoms with E-state index in [1.807, 2.05) is 35.9 Å². The Morgan fingerprint density at radius 2 is 1.91 bits per heavy atom. The molecule has 1 aromatic carbocycles. The largest absolute Gasteiger partial charge is 0.355 e. The Kier molecular flexibility index (Phi) is 4.79. The van der Waals surface area contributed by atoms with Crippen LogP contribution < -0.4 is 5.32 Å². The van der Waals surface area contributed by atoms with Crippen LogP contribution in [-0.2, 0) is 28.1 Å². The number of aryl methyl sites for hydroxylation is 1. The van der Waals surface area contributed by atoms with Gasteiger partial charge >= 0.3 is 0 Å². The van der Waals surface area contributed by atoms with Gasteiger partial charge in [-0.05, 0) is 32.9 Å². The quantitative estimate of drug-likeness (QED) is 0.895. The summed E-state index contributed by atoms with van der Waals surface area (Å²) in [7, 11) is -1.53. The second kappa shape index (κ2) is 6.31. The van der Waals surface area contributed by atoms with Crippen LogP contribution in [0.15, 0.2) is 24.3 Å². The molecule has 1 heterocycles. The monoisotopic (exact) mass is 337 g/mol. The number of benzene rings is 1. The maximum Gasteiger partial charge on any atom is 0.235 e. The molecule has 23 heavy (non-hydrogen) atoms. The minimum Gasteiger partial charge on any atom is -0.355 e. The van der Waals surface area contributed by atoms with Gasteiger partial charge in [0.05, 0.1) is 15.8 Å². The summed E-state index contributed by atoms with van der Waals surface area (Å²) < 4.78 is 25.0. The topological polar surface area (TPSA) is 81.1 Å². The van der Waals surface area contributed by atoms with Crippen LogP contribution in [0.5, 0.6) is 0 Å². The zero-order valence-corrected chi connectivity index (χ0v) is 14.8. The van der Waals surface area contributed by atoms with Gasteiger partial charge in [-0.3, -0.25) is 4.79 Å². The van der Waals surface area contributed by atoms with Crippen molar-refractivity contribution in [2.75, 3.05) is 12.3 Å². The molecule has 0 radical (unpaired) electrons. The van der Waals surface area contributed by atoms with Gasteiger partial charge in [-0.1, -0.05) is 12.1 Å². The molecule has 0 bridgehead atoms. The Morgan fingerprint density at radius 3 is 2.52 bits per heavy atom. The lowest BCUT2D eigenvalue weighted by Gasteiger charge is -2.18. The third-order valence-corrected chi connectivity index (χ3v) is 6.31. The molecular weight excluding hydrogens is 314 g/mol. The second-order valence-corrected chi connectivity index (χ2v) is 9.29. The van der Waals surface area contributed by atoms with Crippen molar-refractivity contribution < 1.29 is 13.2 Å². The van der Waals surface area contributed by atoms with Gasteiger partial charge in [-0.15, -0.1) is 0 Å². The Labute approximate surface area is 136 Å². The number of nitrogens with zero attached hydrogens (tertiary/aromatic N) is 2. The molecule has 2 aromatic rings. The summed E-state index contributed by atoms with van der Waals surface area (Å²) >= 11 is 0. The summed E-state index contributed by atoms with van der Waals surface area (Å²) in [6.45, 7) is 5.13. The number of hydrogen-bond donors (Lipinski definition) is 1. The van der Waals surface area contributed by atoms with E-state index in [2.05, 4.69) is 10.3 Å². The molecule has 6 nitrogen and oxygen atoms in total. The van der Waals surface area contributed by atoms with Crippen molar-refractivity contribution >= 4 is 26.8 Å². The third-order valence-electron chi connectivity index (χ3n) is 3.80. The number of para-hydroxylation sites is 2. The first-order valence-corrected chi connectivity index (χ1v) is 9.16. The van der Waals surface area contributed by atoms with Crippen LogP contribution in [0.1, 0.15) is 26.6 Å². The predicted molar refractivity (Wildman–Crippen MR) is 91.0 cm³/mol. The molecule has 0 unspecified atom stereocenters. The maximum atomic E-state index is 12.0. The number of fused-ring (bicyclic) bond motifs is 1. The van der Waals surface area contributed by atoms with E-state index in [-0.39, 0.29) is 0 Å². The van der Waals surface area contributed by atoms with Crippen LogP contribution in [0.4, 0.5) is 0 Å². The number of carbonyl (C=O) groups is 1. The molecule has 0 aliphatic rings. The molecular formula is C16H23N3O3S. The predicted octanol–water partition coefficient (Wildman–Crippen LogP) is 1.45. The van der Waals surface area contributed by atoms with Crippen molar-refractivity contribution in [1.82, 2.24) is 14.9 Å². The van der Waals surface area contributed by atoms with Crippen LogP contribution >= 0.6 is 0 Å². The highest BCUT2D eigenvalue weighted by atomic mass is 32.2. The van der Waals surface area contributed by atoms with E-state index >= 15 is 0 Å². The Balaban J connectivity index is 1.94. The number of sulfone groups is 1. The van der Waals surface area contributed by atoms with Crippen molar-refractivity contribution in [3.8, 4) is 0 Å². The Morgan fingerprint density at radius 1 is 1.26 bits per heavy atom. The lowest BCUT2D eigenvalue weighted by Crippen LogP contribution is -2.39. The van der Waals surface area contributed by atoms with Crippen molar-refractivity contribution in [2.24, 2.45) is 7.05 Å². The second-order valence-electron chi connectivity index (χ2n) is 6.55. The van der Waals surface area contributed by atoms with Crippen LogP contribution in [0.25, 0.3) is 11.0 Å². The molecule has 126 valence electrons. The van der Waals surface area contributed by atoms with Gasteiger partial charge < -0.3 is 9.88 Å². The number of nitrogens with one attached hydrogen (secondary N) is 1. The fourth-order valence-electron chi connectivity index (χ4n) is 2.17. The summed E-state index contributed by atoms with van der Waals surface area (Å²) in [4.78, 5) is 16.4. The third kappa shape index (κ3) is 3.90. The molecule has 0 aliphatic heterocycles. The van der Waals surface area contributed by atoms with Gasteiger partial charge in [-0.2, -0.15) is 0 Å². The van der Waals surface area contributed by atoms with E-state index in [1.165, 1.54) is 0 Å². The Bertz CT molecular complexity index is 817. The number of amides is 1. The molecule has 7 heteroatoms. The first-order valence-electron chi connectivity index (χ1n) is 7.51. The number of hydrogen-bond acceptors (Lipinski definition) is 4.